The molecule has 3 aliphatic rings. The predicted octanol–water partition coefficient (Wildman–Crippen LogP) is 1.34. The Kier molecular flexibility index (Phi) is 3.94. The summed E-state index contributed by atoms with van der Waals surface area (Å²) < 4.78 is 16.5. The monoisotopic (exact) mass is 385 g/mol. The van der Waals surface area contributed by atoms with Gasteiger partial charge in [0.05, 0.1) is 23.1 Å². The summed E-state index contributed by atoms with van der Waals surface area (Å²) in [5.41, 5.74) is -2.20. The van der Waals surface area contributed by atoms with E-state index in [9.17, 15) is 19.2 Å². The highest BCUT2D eigenvalue weighted by Gasteiger charge is 2.75. The van der Waals surface area contributed by atoms with Crippen LogP contribution in [0.3, 0.4) is 0 Å². The third-order valence-corrected chi connectivity index (χ3v) is 5.41. The van der Waals surface area contributed by atoms with E-state index in [2.05, 4.69) is 0 Å². The van der Waals surface area contributed by atoms with Crippen LogP contribution in [0.2, 0.25) is 0 Å². The highest BCUT2D eigenvalue weighted by Crippen LogP contribution is 2.59. The Balaban J connectivity index is 1.80. The third-order valence-electron chi connectivity index (χ3n) is 5.41. The number of esters is 2. The van der Waals surface area contributed by atoms with Gasteiger partial charge in [0.1, 0.15) is 0 Å². The smallest absolute Gasteiger partial charge is 0.305 e. The van der Waals surface area contributed by atoms with E-state index < -0.39 is 53.1 Å². The molecular weight excluding hydrogens is 366 g/mol. The second-order valence-electron chi connectivity index (χ2n) is 7.33. The number of hydrogen-bond donors (Lipinski definition) is 0. The molecule has 0 spiro atoms. The molecule has 2 fully saturated rings. The number of carbonyl (C=O) groups is 4. The van der Waals surface area contributed by atoms with Crippen LogP contribution in [0.15, 0.2) is 42.5 Å². The van der Waals surface area contributed by atoms with Crippen molar-refractivity contribution in [1.29, 1.82) is 0 Å². The molecular formula is C20H19NO7. The maximum Gasteiger partial charge on any atom is 0.305 e. The molecule has 8 heteroatoms. The van der Waals surface area contributed by atoms with Crippen molar-refractivity contribution in [2.75, 3.05) is 4.90 Å². The molecule has 0 aromatic heterocycles. The quantitative estimate of drug-likeness (QED) is 0.334. The molecule has 28 heavy (non-hydrogen) atoms. The van der Waals surface area contributed by atoms with Crippen molar-refractivity contribution in [1.82, 2.24) is 0 Å². The Morgan fingerprint density at radius 1 is 1.00 bits per heavy atom. The Morgan fingerprint density at radius 2 is 1.57 bits per heavy atom. The van der Waals surface area contributed by atoms with Gasteiger partial charge in [0.25, 0.3) is 6.29 Å². The van der Waals surface area contributed by atoms with Gasteiger partial charge in [-0.1, -0.05) is 24.3 Å². The van der Waals surface area contributed by atoms with Gasteiger partial charge in [-0.3, -0.25) is 19.2 Å². The van der Waals surface area contributed by atoms with Crippen LogP contribution < -0.4 is 4.90 Å². The SMILES string of the molecule is CC(=O)OC(OC(C)=O)C12C=CC(C)(O1)C1C(=O)N(c3ccccc3)C(=O)C12. The zero-order valence-electron chi connectivity index (χ0n) is 15.6. The van der Waals surface area contributed by atoms with Gasteiger partial charge in [0, 0.05) is 13.8 Å². The summed E-state index contributed by atoms with van der Waals surface area (Å²) in [6.07, 6.45) is 1.74. The largest absolute Gasteiger partial charge is 0.422 e. The van der Waals surface area contributed by atoms with Crippen LogP contribution in [0.4, 0.5) is 5.69 Å². The molecule has 4 atom stereocenters. The lowest BCUT2D eigenvalue weighted by atomic mass is 9.72. The van der Waals surface area contributed by atoms with E-state index in [-0.39, 0.29) is 0 Å². The molecule has 3 heterocycles. The minimum atomic E-state index is -1.56. The summed E-state index contributed by atoms with van der Waals surface area (Å²) >= 11 is 0. The topological polar surface area (TPSA) is 99.2 Å². The number of ether oxygens (including phenoxy) is 3. The van der Waals surface area contributed by atoms with Crippen molar-refractivity contribution in [3.05, 3.63) is 42.5 Å². The van der Waals surface area contributed by atoms with E-state index in [0.717, 1.165) is 18.7 Å². The number of fused-ring (bicyclic) bond motifs is 5. The van der Waals surface area contributed by atoms with E-state index in [4.69, 9.17) is 14.2 Å². The van der Waals surface area contributed by atoms with Crippen LogP contribution >= 0.6 is 0 Å². The van der Waals surface area contributed by atoms with Crippen LogP contribution in [-0.4, -0.2) is 41.2 Å². The van der Waals surface area contributed by atoms with Crippen LogP contribution in [-0.2, 0) is 33.4 Å². The van der Waals surface area contributed by atoms with Crippen LogP contribution in [0, 0.1) is 11.8 Å². The highest BCUT2D eigenvalue weighted by molar-refractivity contribution is 6.23. The fraction of sp³-hybridized carbons (Fsp3) is 0.400. The molecule has 2 saturated heterocycles. The lowest BCUT2D eigenvalue weighted by molar-refractivity contribution is -0.231. The molecule has 0 N–H and O–H groups in total. The van der Waals surface area contributed by atoms with Crippen LogP contribution in [0.1, 0.15) is 20.8 Å². The second-order valence-corrected chi connectivity index (χ2v) is 7.33. The number of hydrogen-bond acceptors (Lipinski definition) is 7. The van der Waals surface area contributed by atoms with E-state index in [0.29, 0.717) is 5.69 Å². The fourth-order valence-corrected chi connectivity index (χ4v) is 4.40. The number of nitrogens with zero attached hydrogens (tertiary/aromatic N) is 1. The Morgan fingerprint density at radius 3 is 2.14 bits per heavy atom. The van der Waals surface area contributed by atoms with Gasteiger partial charge < -0.3 is 14.2 Å². The summed E-state index contributed by atoms with van der Waals surface area (Å²) in [5, 5.41) is 0. The number of rotatable bonds is 4. The number of imide groups is 1. The van der Waals surface area contributed by atoms with Gasteiger partial charge in [-0.05, 0) is 25.1 Å². The van der Waals surface area contributed by atoms with Crippen molar-refractivity contribution in [3.63, 3.8) is 0 Å². The Hall–Kier alpha value is -3.00. The molecule has 3 aliphatic heterocycles. The average Bonchev–Trinajstić information content (AvgIpc) is 3.20. The van der Waals surface area contributed by atoms with Gasteiger partial charge in [-0.15, -0.1) is 0 Å². The molecule has 146 valence electrons. The van der Waals surface area contributed by atoms with E-state index in [1.165, 1.54) is 0 Å². The first-order valence-corrected chi connectivity index (χ1v) is 8.87. The zero-order chi connectivity index (χ0) is 20.3. The summed E-state index contributed by atoms with van der Waals surface area (Å²) in [4.78, 5) is 50.8. The van der Waals surface area contributed by atoms with Crippen molar-refractivity contribution in [2.24, 2.45) is 11.8 Å². The minimum absolute atomic E-state index is 0.403. The van der Waals surface area contributed by atoms with Gasteiger partial charge in [-0.25, -0.2) is 4.90 Å². The lowest BCUT2D eigenvalue weighted by Crippen LogP contribution is -2.52. The first-order valence-electron chi connectivity index (χ1n) is 8.87. The summed E-state index contributed by atoms with van der Waals surface area (Å²) in [5.74, 6) is -4.10. The van der Waals surface area contributed by atoms with Crippen LogP contribution in [0.5, 0.6) is 0 Å². The van der Waals surface area contributed by atoms with Gasteiger partial charge in [0.2, 0.25) is 11.8 Å². The second kappa shape index (κ2) is 6.00. The number of anilines is 1. The Labute approximate surface area is 161 Å². The van der Waals surface area contributed by atoms with E-state index in [1.807, 2.05) is 0 Å². The van der Waals surface area contributed by atoms with Gasteiger partial charge >= 0.3 is 11.9 Å². The Bertz CT molecular complexity index is 894. The molecule has 0 radical (unpaired) electrons. The van der Waals surface area contributed by atoms with Crippen molar-refractivity contribution in [2.45, 2.75) is 38.3 Å². The average molecular weight is 385 g/mol. The third kappa shape index (κ3) is 2.41. The molecule has 1 aromatic carbocycles. The summed E-state index contributed by atoms with van der Waals surface area (Å²) in [6, 6.07) is 8.57. The maximum absolute atomic E-state index is 13.3. The molecule has 2 amide bonds. The first-order chi connectivity index (χ1) is 13.2. The zero-order valence-corrected chi connectivity index (χ0v) is 15.6. The number of carbonyl (C=O) groups excluding carboxylic acids is 4. The molecule has 0 saturated carbocycles. The first kappa shape index (κ1) is 18.4. The maximum atomic E-state index is 13.3. The standard InChI is InChI=1S/C20H19NO7/c1-11(22)26-18(27-12(2)23)20-10-9-19(3,28-20)14-15(20)17(25)21(16(14)24)13-7-5-4-6-8-13/h4-10,14-15,18H,1-3H3. The van der Waals surface area contributed by atoms with Crippen molar-refractivity contribution in [3.8, 4) is 0 Å². The van der Waals surface area contributed by atoms with Crippen molar-refractivity contribution < 1.29 is 33.4 Å². The molecule has 0 aliphatic carbocycles. The molecule has 1 aromatic rings. The van der Waals surface area contributed by atoms with E-state index in [1.54, 1.807) is 49.4 Å². The van der Waals surface area contributed by atoms with Crippen molar-refractivity contribution >= 4 is 29.4 Å². The molecule has 4 rings (SSSR count). The molecule has 2 bridgehead atoms. The minimum Gasteiger partial charge on any atom is -0.422 e. The number of amides is 2. The normalized spacial score (nSPS) is 32.8. The molecule has 8 nitrogen and oxygen atoms in total. The van der Waals surface area contributed by atoms with E-state index >= 15 is 0 Å². The number of benzene rings is 1. The summed E-state index contributed by atoms with van der Waals surface area (Å²) in [6.45, 7) is 4.01. The fourth-order valence-electron chi connectivity index (χ4n) is 4.40. The van der Waals surface area contributed by atoms with Gasteiger partial charge in [-0.2, -0.15) is 0 Å². The van der Waals surface area contributed by atoms with Gasteiger partial charge in [0.15, 0.2) is 5.60 Å². The summed E-state index contributed by atoms with van der Waals surface area (Å²) in [7, 11) is 0. The lowest BCUT2D eigenvalue weighted by Gasteiger charge is -2.34. The van der Waals surface area contributed by atoms with Crippen LogP contribution in [0.25, 0.3) is 0 Å². The highest BCUT2D eigenvalue weighted by atomic mass is 16.7. The number of para-hydroxylation sites is 1. The predicted molar refractivity (Wildman–Crippen MR) is 94.6 cm³/mol. The molecule has 4 unspecified atom stereocenters.